The zero-order chi connectivity index (χ0) is 51.2. The minimum absolute atomic E-state index is 0. The lowest BCUT2D eigenvalue weighted by atomic mass is 10.0. The Balaban J connectivity index is 0.000000185. The molecule has 0 unspecified atom stereocenters. The van der Waals surface area contributed by atoms with Crippen molar-refractivity contribution in [2.75, 3.05) is 16.4 Å². The van der Waals surface area contributed by atoms with Crippen molar-refractivity contribution in [2.45, 2.75) is 126 Å². The first kappa shape index (κ1) is 55.1. The number of para-hydroxylation sites is 1. The molecular formula is C47H61N11O11S2. The van der Waals surface area contributed by atoms with Gasteiger partial charge in [0, 0.05) is 75.2 Å². The first-order valence-electron chi connectivity index (χ1n) is 22.2. The molecule has 382 valence electrons. The monoisotopic (exact) mass is 1020 g/mol. The third kappa shape index (κ3) is 17.2. The maximum absolute atomic E-state index is 12.4. The zero-order valence-electron chi connectivity index (χ0n) is 40.4. The maximum Gasteiger partial charge on any atom is 0.419 e. The minimum Gasteiger partial charge on any atom is -0.451 e. The Morgan fingerprint density at radius 3 is 1.51 bits per heavy atom. The quantitative estimate of drug-likeness (QED) is 0.0677. The molecule has 0 spiro atoms. The number of carbonyl (C=O) groups excluding carboxylic acids is 1. The number of hydrogen-bond donors (Lipinski definition) is 7. The van der Waals surface area contributed by atoms with Crippen molar-refractivity contribution in [3.63, 3.8) is 0 Å². The second kappa shape index (κ2) is 22.5. The minimum atomic E-state index is -3.99. The molecule has 0 bridgehead atoms. The number of nitrogens with zero attached hydrogens (tertiary/aromatic N) is 6. The summed E-state index contributed by atoms with van der Waals surface area (Å²) >= 11 is 0. The second-order valence-electron chi connectivity index (χ2n) is 18.1. The molecule has 0 aliphatic heterocycles. The van der Waals surface area contributed by atoms with Gasteiger partial charge in [0.1, 0.15) is 11.6 Å². The molecule has 0 atom stereocenters. The number of aliphatic hydroxyl groups is 2. The van der Waals surface area contributed by atoms with E-state index < -0.39 is 37.3 Å². The number of sulfonamides is 2. The van der Waals surface area contributed by atoms with Crippen LogP contribution in [0.5, 0.6) is 5.75 Å². The fourth-order valence-electron chi connectivity index (χ4n) is 6.33. The van der Waals surface area contributed by atoms with Gasteiger partial charge in [0.05, 0.1) is 23.7 Å². The van der Waals surface area contributed by atoms with E-state index in [4.69, 9.17) is 20.0 Å². The zero-order valence-corrected chi connectivity index (χ0v) is 42.1. The molecule has 0 saturated heterocycles. The van der Waals surface area contributed by atoms with Crippen LogP contribution >= 0.6 is 0 Å². The number of anilines is 3. The van der Waals surface area contributed by atoms with Crippen LogP contribution in [0.4, 0.5) is 22.6 Å². The number of aryl methyl sites for hydroxylation is 3. The van der Waals surface area contributed by atoms with Crippen LogP contribution in [0.1, 0.15) is 129 Å². The summed E-state index contributed by atoms with van der Waals surface area (Å²) in [5.41, 5.74) is 9.55. The van der Waals surface area contributed by atoms with Crippen molar-refractivity contribution in [1.82, 2.24) is 34.6 Å². The first-order chi connectivity index (χ1) is 32.7. The second-order valence-corrected chi connectivity index (χ2v) is 21.2. The molecule has 1 aromatic carbocycles. The number of aromatic nitrogens is 6. The van der Waals surface area contributed by atoms with Gasteiger partial charge in [-0.05, 0) is 117 Å². The largest absolute Gasteiger partial charge is 0.451 e. The Morgan fingerprint density at radius 1 is 0.676 bits per heavy atom. The van der Waals surface area contributed by atoms with Crippen LogP contribution in [-0.2, 0) is 31.2 Å². The normalized spacial score (nSPS) is 14.4. The van der Waals surface area contributed by atoms with Crippen LogP contribution in [-0.4, -0.2) is 68.5 Å². The molecule has 9 rings (SSSR count). The van der Waals surface area contributed by atoms with Crippen LogP contribution in [0.3, 0.4) is 0 Å². The predicted octanol–water partition coefficient (Wildman–Crippen LogP) is 6.19. The van der Waals surface area contributed by atoms with Gasteiger partial charge < -0.3 is 40.3 Å². The van der Waals surface area contributed by atoms with E-state index in [1.54, 1.807) is 24.3 Å². The summed E-state index contributed by atoms with van der Waals surface area (Å²) in [6, 6.07) is 17.3. The molecular weight excluding hydrogens is 959 g/mol. The SMILES string of the molecule is C=C(Nc1nc(C)cc(C2CC2)n1)NS(=O)(=O)c1cc(C(C)(C)O)co1.CC(C)(O)c1coc(S(N)(=O)=O)c1.Cc1cc(C2CC2)nc(N)n1.Cc1cc(C2CC2)nc(NC(=O)Oc2ccccc2)n1.O. The number of furan rings is 2. The molecule has 6 aromatic rings. The smallest absolute Gasteiger partial charge is 0.419 e. The highest BCUT2D eigenvalue weighted by Gasteiger charge is 2.29. The summed E-state index contributed by atoms with van der Waals surface area (Å²) in [5, 5.41) is 28.9. The Hall–Kier alpha value is -6.83. The number of carbonyl (C=O) groups is 1. The average Bonchev–Trinajstić information content (AvgIpc) is 4.18. The van der Waals surface area contributed by atoms with E-state index in [1.165, 1.54) is 65.2 Å². The Bertz CT molecular complexity index is 3010. The van der Waals surface area contributed by atoms with Crippen LogP contribution in [0, 0.1) is 20.8 Å². The summed E-state index contributed by atoms with van der Waals surface area (Å²) in [4.78, 5) is 37.2. The molecule has 0 radical (unpaired) electrons. The van der Waals surface area contributed by atoms with Gasteiger partial charge in [0.25, 0.3) is 20.0 Å². The summed E-state index contributed by atoms with van der Waals surface area (Å²) in [5.74, 6) is 3.11. The third-order valence-electron chi connectivity index (χ3n) is 10.4. The number of ether oxygens (including phenoxy) is 1. The Morgan fingerprint density at radius 2 is 1.10 bits per heavy atom. The van der Waals surface area contributed by atoms with E-state index in [0.717, 1.165) is 59.8 Å². The van der Waals surface area contributed by atoms with Crippen LogP contribution in [0.25, 0.3) is 0 Å². The van der Waals surface area contributed by atoms with Crippen LogP contribution in [0.2, 0.25) is 0 Å². The predicted molar refractivity (Wildman–Crippen MR) is 263 cm³/mol. The van der Waals surface area contributed by atoms with Gasteiger partial charge in [-0.15, -0.1) is 0 Å². The number of benzene rings is 1. The topological polar surface area (TPSA) is 358 Å². The molecule has 1 amide bonds. The van der Waals surface area contributed by atoms with Gasteiger partial charge in [-0.3, -0.25) is 10.0 Å². The highest BCUT2D eigenvalue weighted by Crippen LogP contribution is 2.41. The highest BCUT2D eigenvalue weighted by molar-refractivity contribution is 7.89. The van der Waals surface area contributed by atoms with Crippen molar-refractivity contribution in [1.29, 1.82) is 0 Å². The molecule has 22 nitrogen and oxygen atoms in total. The van der Waals surface area contributed by atoms with Gasteiger partial charge in [-0.25, -0.2) is 48.3 Å². The lowest BCUT2D eigenvalue weighted by Gasteiger charge is -2.13. The summed E-state index contributed by atoms with van der Waals surface area (Å²) in [6.45, 7) is 15.5. The number of nitrogen functional groups attached to an aromatic ring is 1. The van der Waals surface area contributed by atoms with E-state index in [2.05, 4.69) is 56.3 Å². The van der Waals surface area contributed by atoms with E-state index >= 15 is 0 Å². The molecule has 5 heterocycles. The van der Waals surface area contributed by atoms with Gasteiger partial charge in [0.15, 0.2) is 0 Å². The number of primary sulfonamides is 1. The number of rotatable bonds is 13. The molecule has 3 aliphatic carbocycles. The van der Waals surface area contributed by atoms with E-state index in [0.29, 0.717) is 46.5 Å². The molecule has 71 heavy (non-hydrogen) atoms. The summed E-state index contributed by atoms with van der Waals surface area (Å²) < 4.78 is 63.5. The number of nitrogens with one attached hydrogen (secondary N) is 3. The molecule has 3 saturated carbocycles. The van der Waals surface area contributed by atoms with E-state index in [-0.39, 0.29) is 27.4 Å². The molecule has 11 N–H and O–H groups in total. The lowest BCUT2D eigenvalue weighted by molar-refractivity contribution is 0.0773. The van der Waals surface area contributed by atoms with Crippen LogP contribution < -0.4 is 31.0 Å². The standard InChI is InChI=1S/C17H22N4O4S.C15H15N3O2.C8H11N3.C7H11NO4S.H2O/c1-10-7-14(12-5-6-12)20-16(18-10)19-11(2)21-26(23,24)15-8-13(9-25-15)17(3,4)22;1-10-9-13(11-7-8-11)17-14(16-10)18-15(19)20-12-5-3-2-4-6-12;1-5-4-7(6-2-3-6)11-8(9)10-5;1-7(2,9)5-3-6(12-4-5)13(8,10)11;/h7-9,12,21-22H,2,5-6H2,1,3-4H3,(H,18,19,20);2-6,9,11H,7-8H2,1H3,(H,16,17,18,19);4,6H,2-3H2,1H3,(H2,9,10,11);3-4,9H,1-2H3,(H2,8,10,11);1H2. The first-order valence-corrected chi connectivity index (χ1v) is 25.2. The van der Waals surface area contributed by atoms with Crippen molar-refractivity contribution >= 4 is 44.0 Å². The van der Waals surface area contributed by atoms with E-state index in [1.807, 2.05) is 45.0 Å². The van der Waals surface area contributed by atoms with Gasteiger partial charge in [-0.2, -0.15) is 8.42 Å². The Labute approximate surface area is 412 Å². The highest BCUT2D eigenvalue weighted by atomic mass is 32.2. The van der Waals surface area contributed by atoms with Gasteiger partial charge >= 0.3 is 6.09 Å². The summed E-state index contributed by atoms with van der Waals surface area (Å²) in [7, 11) is -7.81. The fraction of sp³-hybridized carbons (Fsp3) is 0.383. The molecule has 24 heteroatoms. The van der Waals surface area contributed by atoms with Crippen molar-refractivity contribution in [3.8, 4) is 5.75 Å². The molecule has 5 aromatic heterocycles. The van der Waals surface area contributed by atoms with Gasteiger partial charge in [0.2, 0.25) is 28.0 Å². The van der Waals surface area contributed by atoms with Crippen molar-refractivity contribution < 1.29 is 50.9 Å². The summed E-state index contributed by atoms with van der Waals surface area (Å²) in [6.07, 6.45) is 8.83. The third-order valence-corrected chi connectivity index (χ3v) is 12.5. The van der Waals surface area contributed by atoms with Gasteiger partial charge in [-0.1, -0.05) is 24.8 Å². The average molecular weight is 1020 g/mol. The van der Waals surface area contributed by atoms with Crippen molar-refractivity contribution in [3.05, 3.63) is 131 Å². The molecule has 3 aliphatic rings. The van der Waals surface area contributed by atoms with Crippen molar-refractivity contribution in [2.24, 2.45) is 5.14 Å². The number of hydrogen-bond acceptors (Lipinski definition) is 18. The Kier molecular flexibility index (Phi) is 17.5. The van der Waals surface area contributed by atoms with Crippen LogP contribution in [0.15, 0.2) is 105 Å². The molecule has 3 fully saturated rings. The maximum atomic E-state index is 12.4. The number of amides is 1. The fourth-order valence-corrected chi connectivity index (χ4v) is 7.74. The lowest BCUT2D eigenvalue weighted by Crippen LogP contribution is -2.27. The number of nitrogens with two attached hydrogens (primary N) is 2. The van der Waals surface area contributed by atoms with E-state index in [9.17, 15) is 31.8 Å².